The zero-order chi connectivity index (χ0) is 16.8. The summed E-state index contributed by atoms with van der Waals surface area (Å²) in [6.07, 6.45) is 2.22. The average molecular weight is 450 g/mol. The standard InChI is InChI=1S/C17H18N6O.HI/c1-12-5-4-6-13(11-12)21-17(18)20-10-8-15-22-16(24-23-15)14-7-2-3-9-19-14;/h2-7,9,11H,8,10H2,1H3,(H3,18,20,21);1H. The summed E-state index contributed by atoms with van der Waals surface area (Å²) >= 11 is 0. The molecule has 1 aromatic carbocycles. The topological polar surface area (TPSA) is 102 Å². The zero-order valence-corrected chi connectivity index (χ0v) is 16.0. The van der Waals surface area contributed by atoms with Gasteiger partial charge in [-0.2, -0.15) is 4.98 Å². The molecule has 0 saturated carbocycles. The fourth-order valence-corrected chi connectivity index (χ4v) is 2.14. The Labute approximate surface area is 162 Å². The van der Waals surface area contributed by atoms with Crippen LogP contribution in [-0.4, -0.2) is 27.6 Å². The molecular formula is C17H19IN6O. The van der Waals surface area contributed by atoms with Crippen molar-refractivity contribution in [1.29, 1.82) is 0 Å². The van der Waals surface area contributed by atoms with Crippen LogP contribution < -0.4 is 11.1 Å². The van der Waals surface area contributed by atoms with Crippen molar-refractivity contribution in [3.63, 3.8) is 0 Å². The lowest BCUT2D eigenvalue weighted by Crippen LogP contribution is -2.23. The van der Waals surface area contributed by atoms with Gasteiger partial charge in [0.15, 0.2) is 11.8 Å². The summed E-state index contributed by atoms with van der Waals surface area (Å²) in [6, 6.07) is 13.4. The van der Waals surface area contributed by atoms with Crippen molar-refractivity contribution < 1.29 is 4.52 Å². The van der Waals surface area contributed by atoms with Gasteiger partial charge >= 0.3 is 0 Å². The molecule has 0 unspecified atom stereocenters. The highest BCUT2D eigenvalue weighted by atomic mass is 127. The Kier molecular flexibility index (Phi) is 6.87. The van der Waals surface area contributed by atoms with E-state index in [2.05, 4.69) is 25.4 Å². The number of nitrogens with one attached hydrogen (secondary N) is 1. The number of aliphatic imine (C=N–C) groups is 1. The number of hydrogen-bond donors (Lipinski definition) is 2. The van der Waals surface area contributed by atoms with Gasteiger partial charge in [0.1, 0.15) is 5.69 Å². The van der Waals surface area contributed by atoms with E-state index >= 15 is 0 Å². The normalized spacial score (nSPS) is 11.0. The molecule has 3 rings (SSSR count). The van der Waals surface area contributed by atoms with Crippen LogP contribution in [-0.2, 0) is 6.42 Å². The van der Waals surface area contributed by atoms with Crippen molar-refractivity contribution in [1.82, 2.24) is 15.1 Å². The number of halogens is 1. The van der Waals surface area contributed by atoms with Crippen molar-refractivity contribution in [2.24, 2.45) is 10.7 Å². The number of aryl methyl sites for hydroxylation is 1. The first-order valence-corrected chi connectivity index (χ1v) is 7.58. The molecule has 0 aliphatic heterocycles. The van der Waals surface area contributed by atoms with Gasteiger partial charge in [-0.05, 0) is 36.8 Å². The predicted octanol–water partition coefficient (Wildman–Crippen LogP) is 3.03. The van der Waals surface area contributed by atoms with Gasteiger partial charge in [-0.1, -0.05) is 23.4 Å². The number of anilines is 1. The van der Waals surface area contributed by atoms with Crippen molar-refractivity contribution in [3.8, 4) is 11.6 Å². The van der Waals surface area contributed by atoms with Gasteiger partial charge in [0.2, 0.25) is 0 Å². The van der Waals surface area contributed by atoms with Crippen LogP contribution >= 0.6 is 24.0 Å². The lowest BCUT2D eigenvalue weighted by Gasteiger charge is -2.05. The highest BCUT2D eigenvalue weighted by Gasteiger charge is 2.08. The van der Waals surface area contributed by atoms with Gasteiger partial charge in [-0.15, -0.1) is 24.0 Å². The van der Waals surface area contributed by atoms with Gasteiger partial charge in [-0.25, -0.2) is 0 Å². The van der Waals surface area contributed by atoms with Gasteiger partial charge in [-0.3, -0.25) is 9.98 Å². The summed E-state index contributed by atoms with van der Waals surface area (Å²) in [5.74, 6) is 1.33. The first-order valence-electron chi connectivity index (χ1n) is 7.58. The molecule has 0 aliphatic rings. The Hall–Kier alpha value is -2.49. The lowest BCUT2D eigenvalue weighted by atomic mass is 10.2. The smallest absolute Gasteiger partial charge is 0.276 e. The summed E-state index contributed by atoms with van der Waals surface area (Å²) in [7, 11) is 0. The largest absolute Gasteiger partial charge is 0.370 e. The molecule has 8 heteroatoms. The first kappa shape index (κ1) is 18.8. The molecule has 0 amide bonds. The first-order chi connectivity index (χ1) is 11.7. The maximum atomic E-state index is 5.88. The summed E-state index contributed by atoms with van der Waals surface area (Å²) < 4.78 is 5.20. The Morgan fingerprint density at radius 3 is 2.88 bits per heavy atom. The minimum absolute atomic E-state index is 0. The second-order valence-corrected chi connectivity index (χ2v) is 5.24. The monoisotopic (exact) mass is 450 g/mol. The third-order valence-corrected chi connectivity index (χ3v) is 3.26. The third kappa shape index (κ3) is 5.52. The quantitative estimate of drug-likeness (QED) is 0.352. The van der Waals surface area contributed by atoms with Crippen molar-refractivity contribution in [3.05, 3.63) is 60.0 Å². The van der Waals surface area contributed by atoms with Crippen LogP contribution in [0.1, 0.15) is 11.4 Å². The molecule has 2 heterocycles. The predicted molar refractivity (Wildman–Crippen MR) is 108 cm³/mol. The second kappa shape index (κ2) is 9.11. The van der Waals surface area contributed by atoms with E-state index in [-0.39, 0.29) is 24.0 Å². The molecular weight excluding hydrogens is 431 g/mol. The number of hydrogen-bond acceptors (Lipinski definition) is 5. The van der Waals surface area contributed by atoms with Crippen molar-refractivity contribution in [2.45, 2.75) is 13.3 Å². The molecule has 0 radical (unpaired) electrons. The molecule has 130 valence electrons. The number of nitrogens with zero attached hydrogens (tertiary/aromatic N) is 4. The van der Waals surface area contributed by atoms with E-state index in [9.17, 15) is 0 Å². The third-order valence-electron chi connectivity index (χ3n) is 3.26. The zero-order valence-electron chi connectivity index (χ0n) is 13.7. The summed E-state index contributed by atoms with van der Waals surface area (Å²) in [6.45, 7) is 2.49. The number of benzene rings is 1. The summed E-state index contributed by atoms with van der Waals surface area (Å²) in [5.41, 5.74) is 8.60. The maximum Gasteiger partial charge on any atom is 0.276 e. The number of nitrogens with two attached hydrogens (primary N) is 1. The highest BCUT2D eigenvalue weighted by molar-refractivity contribution is 14.0. The molecule has 2 aromatic heterocycles. The summed E-state index contributed by atoms with van der Waals surface area (Å²) in [5, 5.41) is 6.98. The Bertz CT molecular complexity index is 834. The number of pyridine rings is 1. The number of guanidine groups is 1. The maximum absolute atomic E-state index is 5.88. The molecule has 0 atom stereocenters. The number of aromatic nitrogens is 3. The Balaban J connectivity index is 0.00000225. The van der Waals surface area contributed by atoms with E-state index < -0.39 is 0 Å². The molecule has 0 aliphatic carbocycles. The van der Waals surface area contributed by atoms with E-state index in [1.54, 1.807) is 6.20 Å². The van der Waals surface area contributed by atoms with E-state index in [0.29, 0.717) is 36.3 Å². The SMILES string of the molecule is Cc1cccc(NC(N)=NCCc2noc(-c3ccccn3)n2)c1.I. The average Bonchev–Trinajstić information content (AvgIpc) is 3.04. The van der Waals surface area contributed by atoms with Crippen LogP contribution in [0.3, 0.4) is 0 Å². The van der Waals surface area contributed by atoms with Gasteiger partial charge in [0.25, 0.3) is 5.89 Å². The molecule has 3 aromatic rings. The van der Waals surface area contributed by atoms with E-state index in [1.807, 2.05) is 49.4 Å². The molecule has 0 spiro atoms. The highest BCUT2D eigenvalue weighted by Crippen LogP contribution is 2.13. The minimum atomic E-state index is 0. The second-order valence-electron chi connectivity index (χ2n) is 5.24. The molecule has 0 bridgehead atoms. The van der Waals surface area contributed by atoms with Crippen LogP contribution in [0.15, 0.2) is 58.2 Å². The fourth-order valence-electron chi connectivity index (χ4n) is 2.14. The van der Waals surface area contributed by atoms with Crippen molar-refractivity contribution in [2.75, 3.05) is 11.9 Å². The van der Waals surface area contributed by atoms with E-state index in [1.165, 1.54) is 0 Å². The molecule has 7 nitrogen and oxygen atoms in total. The van der Waals surface area contributed by atoms with Gasteiger partial charge in [0.05, 0.1) is 0 Å². The van der Waals surface area contributed by atoms with Crippen LogP contribution in [0.4, 0.5) is 5.69 Å². The van der Waals surface area contributed by atoms with Crippen LogP contribution in [0.2, 0.25) is 0 Å². The molecule has 25 heavy (non-hydrogen) atoms. The van der Waals surface area contributed by atoms with E-state index in [4.69, 9.17) is 10.3 Å². The lowest BCUT2D eigenvalue weighted by molar-refractivity contribution is 0.421. The van der Waals surface area contributed by atoms with Gasteiger partial charge in [0, 0.05) is 24.8 Å². The summed E-state index contributed by atoms with van der Waals surface area (Å²) in [4.78, 5) is 12.7. The van der Waals surface area contributed by atoms with Crippen LogP contribution in [0, 0.1) is 6.92 Å². The van der Waals surface area contributed by atoms with Gasteiger partial charge < -0.3 is 15.6 Å². The molecule has 0 saturated heterocycles. The van der Waals surface area contributed by atoms with Crippen LogP contribution in [0.25, 0.3) is 11.6 Å². The fraction of sp³-hybridized carbons (Fsp3) is 0.176. The molecule has 3 N–H and O–H groups in total. The Morgan fingerprint density at radius 2 is 2.12 bits per heavy atom. The molecule has 0 fully saturated rings. The minimum Gasteiger partial charge on any atom is -0.370 e. The Morgan fingerprint density at radius 1 is 1.24 bits per heavy atom. The number of rotatable bonds is 5. The van der Waals surface area contributed by atoms with Crippen LogP contribution in [0.5, 0.6) is 0 Å². The van der Waals surface area contributed by atoms with E-state index in [0.717, 1.165) is 11.3 Å². The van der Waals surface area contributed by atoms with Crippen molar-refractivity contribution >= 4 is 35.6 Å².